The number of carbonyl (C=O) groups is 2. The van der Waals surface area contributed by atoms with Crippen molar-refractivity contribution in [3.63, 3.8) is 0 Å². The summed E-state index contributed by atoms with van der Waals surface area (Å²) in [7, 11) is -7.18. The maximum Gasteiger partial charge on any atom is 0.256 e. The number of hydrogen-bond donors (Lipinski definition) is 3. The Hall–Kier alpha value is -4.67. The standard InChI is InChI=1S/C26H32Cl2N6O3S.C19H18Cl3N5O3S.C7H15N/c1-16-10-17(2)15-32(14-16)25-13-23(28)29-24-12-21(30-34(24)25)22-6-4-5-9-33(22)26(35)19-11-18(27)7-8-20(19)31-38(3,36)37;1-31(29,30)25-13-6-5-11(20)8-12(13)19(28)26-7-3-2-4-15(26)14-9-18-23-16(21)10-17(22)27(18)24-14;1-6-3-7(2)5-8-4-6/h7-8,11-13,16-17,22,31H,4-6,9-10,14-15H2,1-3H3;5-6,8-10,15,25H,2-4,7H2,1H3;6-8H,3-5H2,1-2H3/t16-,17+,22-;15-;6-,7+/m00./s1. The van der Waals surface area contributed by atoms with Crippen LogP contribution in [0.25, 0.3) is 11.3 Å². The molecular weight excluding hydrogens is 1130 g/mol. The van der Waals surface area contributed by atoms with E-state index in [0.29, 0.717) is 68.7 Å². The molecule has 4 aromatic heterocycles. The molecule has 2 aromatic carbocycles. The highest BCUT2D eigenvalue weighted by Crippen LogP contribution is 2.37. The SMILES string of the molecule is CS(=O)(=O)Nc1ccc(Cl)cc1C(=O)N1CCCC[C@H]1c1cc2nc(Cl)cc(Cl)n2n1.C[C@@H]1CNC[C@H](C)C1.C[C@@H]1C[C@H](C)CN(c2cc(Cl)nc3cc([C@@H]4CCCCN4C(=O)c4cc(Cl)ccc4NS(C)(=O)=O)nn23)C1. The molecule has 6 aromatic rings. The Morgan fingerprint density at radius 3 is 1.48 bits per heavy atom. The topological polar surface area (TPSA) is 209 Å². The van der Waals surface area contributed by atoms with Crippen molar-refractivity contribution < 1.29 is 26.4 Å². The van der Waals surface area contributed by atoms with E-state index in [1.54, 1.807) is 21.9 Å². The highest BCUT2D eigenvalue weighted by atomic mass is 35.5. The van der Waals surface area contributed by atoms with Crippen molar-refractivity contribution >= 4 is 118 Å². The van der Waals surface area contributed by atoms with Crippen LogP contribution in [0.15, 0.2) is 60.7 Å². The van der Waals surface area contributed by atoms with E-state index in [-0.39, 0.29) is 51.6 Å². The number of sulfonamides is 2. The van der Waals surface area contributed by atoms with Crippen LogP contribution in [-0.4, -0.2) is 119 Å². The van der Waals surface area contributed by atoms with Gasteiger partial charge in [0.05, 0.1) is 58.5 Å². The minimum Gasteiger partial charge on any atom is -0.356 e. The fourth-order valence-electron chi connectivity index (χ4n) is 10.9. The molecule has 77 heavy (non-hydrogen) atoms. The van der Waals surface area contributed by atoms with Crippen LogP contribution in [0.5, 0.6) is 0 Å². The lowest BCUT2D eigenvalue weighted by atomic mass is 9.92. The van der Waals surface area contributed by atoms with E-state index >= 15 is 0 Å². The Morgan fingerprint density at radius 2 is 1.03 bits per heavy atom. The van der Waals surface area contributed by atoms with Gasteiger partial charge in [0, 0.05) is 60.5 Å². The van der Waals surface area contributed by atoms with E-state index in [1.165, 1.54) is 66.8 Å². The van der Waals surface area contributed by atoms with Gasteiger partial charge >= 0.3 is 0 Å². The van der Waals surface area contributed by atoms with Crippen LogP contribution in [0.1, 0.15) is 123 Å². The predicted molar refractivity (Wildman–Crippen MR) is 307 cm³/mol. The molecule has 8 heterocycles. The number of halogens is 5. The second kappa shape index (κ2) is 24.8. The molecule has 4 fully saturated rings. The van der Waals surface area contributed by atoms with Crippen LogP contribution in [0.2, 0.25) is 25.5 Å². The number of fused-ring (bicyclic) bond motifs is 2. The monoisotopic (exact) mass is 1190 g/mol. The third kappa shape index (κ3) is 15.0. The zero-order chi connectivity index (χ0) is 55.5. The average molecular weight is 1200 g/mol. The number of likely N-dealkylation sites (tertiary alicyclic amines) is 2. The molecule has 0 saturated carbocycles. The fraction of sp³-hybridized carbons (Fsp3) is 0.500. The summed E-state index contributed by atoms with van der Waals surface area (Å²) in [5.41, 5.74) is 3.22. The van der Waals surface area contributed by atoms with Crippen molar-refractivity contribution in [2.75, 3.05) is 66.1 Å². The molecule has 10 rings (SSSR count). The zero-order valence-electron chi connectivity index (χ0n) is 43.8. The quantitative estimate of drug-likeness (QED) is 0.116. The van der Waals surface area contributed by atoms with E-state index in [2.05, 4.69) is 62.4 Å². The average Bonchev–Trinajstić information content (AvgIpc) is 4.02. The lowest BCUT2D eigenvalue weighted by Crippen LogP contribution is -2.40. The summed E-state index contributed by atoms with van der Waals surface area (Å²) in [6.07, 6.45) is 9.59. The molecule has 3 N–H and O–H groups in total. The first-order valence-electron chi connectivity index (χ1n) is 25.8. The molecule has 416 valence electrons. The summed E-state index contributed by atoms with van der Waals surface area (Å²) >= 11 is 31.0. The van der Waals surface area contributed by atoms with Gasteiger partial charge in [-0.1, -0.05) is 85.7 Å². The summed E-state index contributed by atoms with van der Waals surface area (Å²) in [5.74, 6) is 3.16. The Morgan fingerprint density at radius 1 is 0.584 bits per heavy atom. The van der Waals surface area contributed by atoms with Gasteiger partial charge in [-0.3, -0.25) is 19.0 Å². The van der Waals surface area contributed by atoms with Gasteiger partial charge in [-0.25, -0.2) is 31.3 Å². The summed E-state index contributed by atoms with van der Waals surface area (Å²) in [6.45, 7) is 14.4. The molecule has 0 aliphatic carbocycles. The van der Waals surface area contributed by atoms with E-state index < -0.39 is 20.0 Å². The smallest absolute Gasteiger partial charge is 0.256 e. The van der Waals surface area contributed by atoms with Gasteiger partial charge in [0.15, 0.2) is 11.3 Å². The number of piperidine rings is 4. The van der Waals surface area contributed by atoms with Gasteiger partial charge < -0.3 is 20.0 Å². The van der Waals surface area contributed by atoms with Gasteiger partial charge in [0.2, 0.25) is 20.0 Å². The zero-order valence-corrected chi connectivity index (χ0v) is 49.2. The van der Waals surface area contributed by atoms with Crippen molar-refractivity contribution in [2.45, 2.75) is 91.1 Å². The Labute approximate surface area is 475 Å². The number of hydrogen-bond acceptors (Lipinski definition) is 12. The molecule has 0 unspecified atom stereocenters. The number of benzene rings is 2. The number of carbonyl (C=O) groups excluding carboxylic acids is 2. The minimum atomic E-state index is -3.59. The number of aromatic nitrogens is 6. The Balaban J connectivity index is 0.000000180. The highest BCUT2D eigenvalue weighted by molar-refractivity contribution is 7.92. The van der Waals surface area contributed by atoms with Crippen molar-refractivity contribution in [3.05, 3.63) is 109 Å². The molecule has 6 atom stereocenters. The third-order valence-corrected chi connectivity index (χ3v) is 16.3. The number of amides is 2. The van der Waals surface area contributed by atoms with Crippen LogP contribution in [0.3, 0.4) is 0 Å². The molecule has 4 saturated heterocycles. The van der Waals surface area contributed by atoms with Gasteiger partial charge in [-0.15, -0.1) is 0 Å². The first-order chi connectivity index (χ1) is 36.4. The molecule has 18 nitrogen and oxygen atoms in total. The lowest BCUT2D eigenvalue weighted by molar-refractivity contribution is 0.0600. The van der Waals surface area contributed by atoms with Crippen molar-refractivity contribution in [2.24, 2.45) is 23.7 Å². The van der Waals surface area contributed by atoms with Crippen LogP contribution in [0, 0.1) is 23.7 Å². The molecular formula is C52H65Cl5N12O6S2. The molecule has 0 bridgehead atoms. The summed E-state index contributed by atoms with van der Waals surface area (Å²) in [6, 6.07) is 15.4. The van der Waals surface area contributed by atoms with E-state index in [1.807, 2.05) is 16.6 Å². The highest BCUT2D eigenvalue weighted by Gasteiger charge is 2.35. The molecule has 4 aliphatic heterocycles. The number of nitrogens with zero attached hydrogens (tertiary/aromatic N) is 9. The molecule has 0 radical (unpaired) electrons. The van der Waals surface area contributed by atoms with Crippen molar-refractivity contribution in [3.8, 4) is 0 Å². The second-order valence-electron chi connectivity index (χ2n) is 21.1. The van der Waals surface area contributed by atoms with Crippen LogP contribution >= 0.6 is 58.0 Å². The van der Waals surface area contributed by atoms with Crippen LogP contribution in [-0.2, 0) is 20.0 Å². The first kappa shape index (κ1) is 58.5. The number of anilines is 3. The summed E-state index contributed by atoms with van der Waals surface area (Å²) < 4.78 is 55.6. The van der Waals surface area contributed by atoms with Gasteiger partial charge in [0.25, 0.3) is 11.8 Å². The minimum absolute atomic E-state index is 0.174. The lowest BCUT2D eigenvalue weighted by Gasteiger charge is -2.36. The Kier molecular flexibility index (Phi) is 18.8. The van der Waals surface area contributed by atoms with Gasteiger partial charge in [-0.2, -0.15) is 14.7 Å². The van der Waals surface area contributed by atoms with E-state index in [4.69, 9.17) is 63.1 Å². The first-order valence-corrected chi connectivity index (χ1v) is 31.5. The molecule has 0 spiro atoms. The third-order valence-electron chi connectivity index (χ3n) is 14.0. The number of nitrogens with one attached hydrogen (secondary N) is 3. The number of rotatable bonds is 9. The molecule has 2 amide bonds. The Bertz CT molecular complexity index is 3350. The summed E-state index contributed by atoms with van der Waals surface area (Å²) in [4.78, 5) is 41.9. The van der Waals surface area contributed by atoms with E-state index in [0.717, 1.165) is 81.1 Å². The fourth-order valence-corrected chi connectivity index (χ4v) is 13.1. The molecule has 4 aliphatic rings. The van der Waals surface area contributed by atoms with Crippen LogP contribution in [0.4, 0.5) is 17.2 Å². The van der Waals surface area contributed by atoms with Gasteiger partial charge in [-0.05, 0) is 125 Å². The maximum atomic E-state index is 13.9. The van der Waals surface area contributed by atoms with E-state index in [9.17, 15) is 26.4 Å². The predicted octanol–water partition coefficient (Wildman–Crippen LogP) is 10.9. The summed E-state index contributed by atoms with van der Waals surface area (Å²) in [5, 5.41) is 14.5. The van der Waals surface area contributed by atoms with Crippen LogP contribution < -0.4 is 19.7 Å². The van der Waals surface area contributed by atoms with Crippen molar-refractivity contribution in [1.29, 1.82) is 0 Å². The normalized spacial score (nSPS) is 22.2. The maximum absolute atomic E-state index is 13.9. The van der Waals surface area contributed by atoms with Crippen molar-refractivity contribution in [1.82, 2.24) is 44.3 Å². The second-order valence-corrected chi connectivity index (χ2v) is 26.7. The largest absolute Gasteiger partial charge is 0.356 e. The van der Waals surface area contributed by atoms with Gasteiger partial charge in [0.1, 0.15) is 21.3 Å². The molecule has 25 heteroatoms.